The molecule has 120 valence electrons. The van der Waals surface area contributed by atoms with Crippen LogP contribution in [0.2, 0.25) is 0 Å². The Kier molecular flexibility index (Phi) is 4.98. The number of nitrogens with zero attached hydrogens (tertiary/aromatic N) is 1. The molecule has 8 heteroatoms. The molecule has 2 amide bonds. The van der Waals surface area contributed by atoms with Crippen molar-refractivity contribution in [2.24, 2.45) is 5.73 Å². The van der Waals surface area contributed by atoms with Crippen molar-refractivity contribution in [3.05, 3.63) is 47.7 Å². The van der Waals surface area contributed by atoms with Gasteiger partial charge in [0, 0.05) is 30.1 Å². The van der Waals surface area contributed by atoms with Crippen LogP contribution in [-0.2, 0) is 6.54 Å². The van der Waals surface area contributed by atoms with Crippen LogP contribution in [-0.4, -0.2) is 24.0 Å². The zero-order valence-corrected chi connectivity index (χ0v) is 12.6. The van der Waals surface area contributed by atoms with Crippen molar-refractivity contribution in [3.8, 4) is 5.75 Å². The molecule has 0 spiro atoms. The summed E-state index contributed by atoms with van der Waals surface area (Å²) in [6, 6.07) is 8.40. The number of benzene rings is 1. The molecule has 0 saturated heterocycles. The highest BCUT2D eigenvalue weighted by Gasteiger charge is 2.08. The molecular weight excluding hydrogens is 296 g/mol. The van der Waals surface area contributed by atoms with Crippen LogP contribution in [0, 0.1) is 5.41 Å². The lowest BCUT2D eigenvalue weighted by Crippen LogP contribution is -2.29. The summed E-state index contributed by atoms with van der Waals surface area (Å²) in [5.41, 5.74) is 12.6. The molecule has 1 aromatic carbocycles. The summed E-state index contributed by atoms with van der Waals surface area (Å²) in [6.07, 6.45) is 1.34. The number of ether oxygens (including phenoxy) is 1. The molecule has 23 heavy (non-hydrogen) atoms. The van der Waals surface area contributed by atoms with Gasteiger partial charge in [-0.3, -0.25) is 10.7 Å². The van der Waals surface area contributed by atoms with Crippen LogP contribution in [0.4, 0.5) is 16.3 Å². The van der Waals surface area contributed by atoms with Crippen molar-refractivity contribution in [3.63, 3.8) is 0 Å². The number of nitrogen functional groups attached to an aromatic ring is 2. The van der Waals surface area contributed by atoms with Crippen molar-refractivity contribution in [1.29, 1.82) is 5.41 Å². The fourth-order valence-corrected chi connectivity index (χ4v) is 1.95. The van der Waals surface area contributed by atoms with E-state index in [-0.39, 0.29) is 17.3 Å². The van der Waals surface area contributed by atoms with E-state index < -0.39 is 6.03 Å². The fraction of sp³-hybridized carbons (Fsp3) is 0.133. The summed E-state index contributed by atoms with van der Waals surface area (Å²) in [4.78, 5) is 15.9. The lowest BCUT2D eigenvalue weighted by Gasteiger charge is -2.11. The van der Waals surface area contributed by atoms with Crippen LogP contribution in [0.25, 0.3) is 0 Å². The molecule has 0 unspecified atom stereocenters. The van der Waals surface area contributed by atoms with Gasteiger partial charge in [0.05, 0.1) is 12.7 Å². The summed E-state index contributed by atoms with van der Waals surface area (Å²) in [6.45, 7) is 0.302. The molecule has 0 aliphatic heterocycles. The van der Waals surface area contributed by atoms with Gasteiger partial charge in [0.1, 0.15) is 17.4 Å². The highest BCUT2D eigenvalue weighted by Crippen LogP contribution is 2.17. The highest BCUT2D eigenvalue weighted by molar-refractivity contribution is 6.00. The predicted octanol–water partition coefficient (Wildman–Crippen LogP) is 1.28. The standard InChI is InChI=1S/C15H18N6O2/c1-23-12-5-3-2-4-9(12)7-20-15(22)21-13-6-11(16)10(8-19-13)14(17)18/h2-6,8H,7H2,1H3,(H3,17,18)(H4,16,19,20,21,22). The molecular formula is C15H18N6O2. The Bertz CT molecular complexity index is 732. The topological polar surface area (TPSA) is 139 Å². The van der Waals surface area contributed by atoms with E-state index in [0.29, 0.717) is 17.9 Å². The van der Waals surface area contributed by atoms with E-state index in [1.165, 1.54) is 12.3 Å². The Morgan fingerprint density at radius 2 is 2.13 bits per heavy atom. The molecule has 0 atom stereocenters. The smallest absolute Gasteiger partial charge is 0.320 e. The van der Waals surface area contributed by atoms with Crippen LogP contribution < -0.4 is 26.8 Å². The number of amidine groups is 1. The van der Waals surface area contributed by atoms with Gasteiger partial charge in [0.25, 0.3) is 0 Å². The predicted molar refractivity (Wildman–Crippen MR) is 88.5 cm³/mol. The average Bonchev–Trinajstić information content (AvgIpc) is 2.53. The van der Waals surface area contributed by atoms with Crippen molar-refractivity contribution in [2.75, 3.05) is 18.2 Å². The van der Waals surface area contributed by atoms with Gasteiger partial charge < -0.3 is 21.5 Å². The van der Waals surface area contributed by atoms with Crippen LogP contribution in [0.15, 0.2) is 36.5 Å². The maximum Gasteiger partial charge on any atom is 0.320 e. The first kappa shape index (κ1) is 16.1. The maximum absolute atomic E-state index is 11.9. The second-order valence-electron chi connectivity index (χ2n) is 4.69. The van der Waals surface area contributed by atoms with Gasteiger partial charge in [0.15, 0.2) is 0 Å². The van der Waals surface area contributed by atoms with Gasteiger partial charge in [-0.15, -0.1) is 0 Å². The van der Waals surface area contributed by atoms with E-state index >= 15 is 0 Å². The molecule has 0 radical (unpaired) electrons. The van der Waals surface area contributed by atoms with Crippen molar-refractivity contribution < 1.29 is 9.53 Å². The zero-order valence-electron chi connectivity index (χ0n) is 12.6. The molecule has 8 nitrogen and oxygen atoms in total. The summed E-state index contributed by atoms with van der Waals surface area (Å²) in [7, 11) is 1.57. The van der Waals surface area contributed by atoms with E-state index in [9.17, 15) is 4.79 Å². The van der Waals surface area contributed by atoms with E-state index in [0.717, 1.165) is 5.56 Å². The number of anilines is 2. The molecule has 0 aliphatic carbocycles. The molecule has 7 N–H and O–H groups in total. The Morgan fingerprint density at radius 1 is 1.39 bits per heavy atom. The normalized spacial score (nSPS) is 9.96. The summed E-state index contributed by atoms with van der Waals surface area (Å²) < 4.78 is 5.21. The van der Waals surface area contributed by atoms with Crippen molar-refractivity contribution in [1.82, 2.24) is 10.3 Å². The lowest BCUT2D eigenvalue weighted by molar-refractivity contribution is 0.251. The number of pyridine rings is 1. The van der Waals surface area contributed by atoms with Gasteiger partial charge in [-0.05, 0) is 6.07 Å². The number of carbonyl (C=O) groups excluding carboxylic acids is 1. The number of urea groups is 1. The minimum Gasteiger partial charge on any atom is -0.496 e. The third kappa shape index (κ3) is 4.10. The van der Waals surface area contributed by atoms with Gasteiger partial charge in [0.2, 0.25) is 0 Å². The average molecular weight is 314 g/mol. The first-order valence-corrected chi connectivity index (χ1v) is 6.78. The first-order valence-electron chi connectivity index (χ1n) is 6.78. The Balaban J connectivity index is 1.97. The fourth-order valence-electron chi connectivity index (χ4n) is 1.95. The molecule has 1 aromatic heterocycles. The molecule has 2 rings (SSSR count). The number of hydrogen-bond donors (Lipinski definition) is 5. The number of hydrogen-bond acceptors (Lipinski definition) is 5. The molecule has 0 aliphatic rings. The number of carbonyl (C=O) groups is 1. The van der Waals surface area contributed by atoms with Gasteiger partial charge >= 0.3 is 6.03 Å². The Morgan fingerprint density at radius 3 is 2.78 bits per heavy atom. The van der Waals surface area contributed by atoms with Gasteiger partial charge in [-0.2, -0.15) is 0 Å². The monoisotopic (exact) mass is 314 g/mol. The Hall–Kier alpha value is -3.29. The number of aromatic nitrogens is 1. The summed E-state index contributed by atoms with van der Waals surface area (Å²) in [5, 5.41) is 12.6. The SMILES string of the molecule is COc1ccccc1CNC(=O)Nc1cc(N)c(C(=N)N)cn1. The molecule has 0 fully saturated rings. The minimum atomic E-state index is -0.432. The quantitative estimate of drug-likeness (QED) is 0.418. The van der Waals surface area contributed by atoms with Gasteiger partial charge in [-0.1, -0.05) is 18.2 Å². The van der Waals surface area contributed by atoms with E-state index in [2.05, 4.69) is 15.6 Å². The van der Waals surface area contributed by atoms with Crippen LogP contribution >= 0.6 is 0 Å². The summed E-state index contributed by atoms with van der Waals surface area (Å²) in [5.74, 6) is 0.785. The second kappa shape index (κ2) is 7.12. The number of amides is 2. The molecule has 2 aromatic rings. The van der Waals surface area contributed by atoms with E-state index in [1.54, 1.807) is 7.11 Å². The highest BCUT2D eigenvalue weighted by atomic mass is 16.5. The van der Waals surface area contributed by atoms with Crippen molar-refractivity contribution in [2.45, 2.75) is 6.54 Å². The largest absolute Gasteiger partial charge is 0.496 e. The second-order valence-corrected chi connectivity index (χ2v) is 4.69. The lowest BCUT2D eigenvalue weighted by atomic mass is 10.2. The number of nitrogens with two attached hydrogens (primary N) is 2. The number of rotatable bonds is 5. The number of para-hydroxylation sites is 1. The molecule has 1 heterocycles. The van der Waals surface area contributed by atoms with Gasteiger partial charge in [-0.25, -0.2) is 9.78 Å². The van der Waals surface area contributed by atoms with E-state index in [4.69, 9.17) is 21.6 Å². The Labute approximate surface area is 133 Å². The van der Waals surface area contributed by atoms with E-state index in [1.807, 2.05) is 24.3 Å². The summed E-state index contributed by atoms with van der Waals surface area (Å²) >= 11 is 0. The van der Waals surface area contributed by atoms with Crippen molar-refractivity contribution >= 4 is 23.4 Å². The minimum absolute atomic E-state index is 0.179. The van der Waals surface area contributed by atoms with Crippen LogP contribution in [0.3, 0.4) is 0 Å². The number of methoxy groups -OCH3 is 1. The first-order chi connectivity index (χ1) is 11.0. The molecule has 0 saturated carbocycles. The third-order valence-electron chi connectivity index (χ3n) is 3.10. The zero-order chi connectivity index (χ0) is 16.8. The van der Waals surface area contributed by atoms with Crippen LogP contribution in [0.5, 0.6) is 5.75 Å². The number of nitrogens with one attached hydrogen (secondary N) is 3. The third-order valence-corrected chi connectivity index (χ3v) is 3.10. The molecule has 0 bridgehead atoms. The maximum atomic E-state index is 11.9. The van der Waals surface area contributed by atoms with Crippen LogP contribution in [0.1, 0.15) is 11.1 Å².